The molecule has 2 nitrogen and oxygen atoms in total. The van der Waals surface area contributed by atoms with Gasteiger partial charge < -0.3 is 9.47 Å². The van der Waals surface area contributed by atoms with Crippen LogP contribution in [0.4, 0.5) is 0 Å². The Bertz CT molecular complexity index is 531. The molecule has 0 fully saturated rings. The van der Waals surface area contributed by atoms with Crippen molar-refractivity contribution in [1.29, 1.82) is 0 Å². The lowest BCUT2D eigenvalue weighted by molar-refractivity contribution is 0.343. The van der Waals surface area contributed by atoms with Crippen LogP contribution in [0.2, 0.25) is 0 Å². The summed E-state index contributed by atoms with van der Waals surface area (Å²) < 4.78 is 12.0. The first-order chi connectivity index (χ1) is 9.29. The van der Waals surface area contributed by atoms with E-state index >= 15 is 0 Å². The van der Waals surface area contributed by atoms with Gasteiger partial charge in [-0.05, 0) is 30.3 Å². The van der Waals surface area contributed by atoms with E-state index in [2.05, 4.69) is 22.0 Å². The van der Waals surface area contributed by atoms with Crippen LogP contribution in [0.5, 0.6) is 11.5 Å². The molecule has 2 aromatic carbocycles. The van der Waals surface area contributed by atoms with Crippen molar-refractivity contribution >= 4 is 27.7 Å². The van der Waals surface area contributed by atoms with Crippen molar-refractivity contribution in [3.05, 3.63) is 53.0 Å². The topological polar surface area (TPSA) is 18.5 Å². The highest BCUT2D eigenvalue weighted by atomic mass is 79.9. The van der Waals surface area contributed by atoms with Crippen LogP contribution < -0.4 is 9.47 Å². The molecular formula is C15H15BrO2S. The monoisotopic (exact) mass is 338 g/mol. The first-order valence-corrected chi connectivity index (χ1v) is 7.71. The number of ether oxygens (including phenoxy) is 2. The van der Waals surface area contributed by atoms with E-state index < -0.39 is 0 Å². The molecule has 0 saturated carbocycles. The Hall–Kier alpha value is -1.13. The van der Waals surface area contributed by atoms with Crippen LogP contribution in [-0.4, -0.2) is 19.5 Å². The third-order valence-corrected chi connectivity index (χ3v) is 3.99. The van der Waals surface area contributed by atoms with Gasteiger partial charge in [0.1, 0.15) is 11.5 Å². The molecule has 0 bridgehead atoms. The maximum atomic E-state index is 5.69. The molecule has 0 amide bonds. The van der Waals surface area contributed by atoms with E-state index in [1.54, 1.807) is 18.9 Å². The molecule has 0 heterocycles. The van der Waals surface area contributed by atoms with Crippen LogP contribution in [0.15, 0.2) is 57.9 Å². The number of methoxy groups -OCH3 is 1. The van der Waals surface area contributed by atoms with Gasteiger partial charge in [-0.3, -0.25) is 0 Å². The minimum Gasteiger partial charge on any atom is -0.496 e. The fraction of sp³-hybridized carbons (Fsp3) is 0.200. The average molecular weight is 339 g/mol. The number of hydrogen-bond donors (Lipinski definition) is 0. The van der Waals surface area contributed by atoms with E-state index in [9.17, 15) is 0 Å². The molecule has 0 aliphatic carbocycles. The lowest BCUT2D eigenvalue weighted by Gasteiger charge is -2.09. The smallest absolute Gasteiger partial charge is 0.132 e. The standard InChI is InChI=1S/C15H15BrO2S/c1-17-14-7-2-3-8-15(14)19-10-9-18-13-6-4-5-12(16)11-13/h2-8,11H,9-10H2,1H3. The summed E-state index contributed by atoms with van der Waals surface area (Å²) in [7, 11) is 1.69. The second-order valence-electron chi connectivity index (χ2n) is 3.81. The number of hydrogen-bond acceptors (Lipinski definition) is 3. The lowest BCUT2D eigenvalue weighted by Crippen LogP contribution is -2.00. The van der Waals surface area contributed by atoms with E-state index in [-0.39, 0.29) is 0 Å². The van der Waals surface area contributed by atoms with Gasteiger partial charge in [0.05, 0.1) is 13.7 Å². The summed E-state index contributed by atoms with van der Waals surface area (Å²) in [6.45, 7) is 0.666. The molecule has 0 saturated heterocycles. The van der Waals surface area contributed by atoms with Crippen molar-refractivity contribution in [2.75, 3.05) is 19.5 Å². The molecule has 4 heteroatoms. The zero-order valence-electron chi connectivity index (χ0n) is 10.6. The third kappa shape index (κ3) is 4.48. The molecule has 0 atom stereocenters. The molecule has 0 unspecified atom stereocenters. The summed E-state index contributed by atoms with van der Waals surface area (Å²) in [6.07, 6.45) is 0. The number of para-hydroxylation sites is 1. The molecule has 0 aromatic heterocycles. The number of halogens is 1. The van der Waals surface area contributed by atoms with Gasteiger partial charge in [-0.15, -0.1) is 11.8 Å². The molecular weight excluding hydrogens is 324 g/mol. The van der Waals surface area contributed by atoms with Crippen molar-refractivity contribution in [3.63, 3.8) is 0 Å². The summed E-state index contributed by atoms with van der Waals surface area (Å²) in [5, 5.41) is 0. The molecule has 0 aliphatic rings. The van der Waals surface area contributed by atoms with Gasteiger partial charge in [-0.25, -0.2) is 0 Å². The van der Waals surface area contributed by atoms with Crippen LogP contribution in [0.25, 0.3) is 0 Å². The molecule has 100 valence electrons. The van der Waals surface area contributed by atoms with E-state index in [0.717, 1.165) is 26.6 Å². The first-order valence-electron chi connectivity index (χ1n) is 5.94. The second kappa shape index (κ2) is 7.46. The van der Waals surface area contributed by atoms with E-state index in [4.69, 9.17) is 9.47 Å². The summed E-state index contributed by atoms with van der Waals surface area (Å²) in [5.41, 5.74) is 0. The Labute approximate surface area is 126 Å². The second-order valence-corrected chi connectivity index (χ2v) is 5.86. The van der Waals surface area contributed by atoms with Crippen molar-refractivity contribution in [3.8, 4) is 11.5 Å². The van der Waals surface area contributed by atoms with Gasteiger partial charge in [0.2, 0.25) is 0 Å². The van der Waals surface area contributed by atoms with Gasteiger partial charge in [0.25, 0.3) is 0 Å². The van der Waals surface area contributed by atoms with Gasteiger partial charge >= 0.3 is 0 Å². The van der Waals surface area contributed by atoms with Crippen LogP contribution in [0.3, 0.4) is 0 Å². The highest BCUT2D eigenvalue weighted by molar-refractivity contribution is 9.10. The van der Waals surface area contributed by atoms with Crippen LogP contribution in [0.1, 0.15) is 0 Å². The minimum atomic E-state index is 0.666. The molecule has 19 heavy (non-hydrogen) atoms. The normalized spacial score (nSPS) is 10.2. The summed E-state index contributed by atoms with van der Waals surface area (Å²) in [5.74, 6) is 2.68. The lowest BCUT2D eigenvalue weighted by atomic mass is 10.3. The van der Waals surface area contributed by atoms with Gasteiger partial charge in [0, 0.05) is 15.1 Å². The SMILES string of the molecule is COc1ccccc1SCCOc1cccc(Br)c1. The zero-order chi connectivity index (χ0) is 13.5. The van der Waals surface area contributed by atoms with Crippen LogP contribution >= 0.6 is 27.7 Å². The van der Waals surface area contributed by atoms with Crippen LogP contribution in [-0.2, 0) is 0 Å². The van der Waals surface area contributed by atoms with Gasteiger partial charge in [-0.1, -0.05) is 34.1 Å². The maximum Gasteiger partial charge on any atom is 0.132 e. The number of benzene rings is 2. The summed E-state index contributed by atoms with van der Waals surface area (Å²) in [6, 6.07) is 15.9. The first kappa shape index (κ1) is 14.3. The highest BCUT2D eigenvalue weighted by Gasteiger charge is 2.02. The Morgan fingerprint density at radius 1 is 1.11 bits per heavy atom. The molecule has 0 spiro atoms. The zero-order valence-corrected chi connectivity index (χ0v) is 13.0. The van der Waals surface area contributed by atoms with Gasteiger partial charge in [0.15, 0.2) is 0 Å². The van der Waals surface area contributed by atoms with Crippen molar-refractivity contribution in [2.45, 2.75) is 4.90 Å². The largest absolute Gasteiger partial charge is 0.496 e. The van der Waals surface area contributed by atoms with Crippen molar-refractivity contribution < 1.29 is 9.47 Å². The van der Waals surface area contributed by atoms with E-state index in [0.29, 0.717) is 6.61 Å². The molecule has 0 radical (unpaired) electrons. The average Bonchev–Trinajstić information content (AvgIpc) is 2.44. The Balaban J connectivity index is 1.81. The van der Waals surface area contributed by atoms with Crippen molar-refractivity contribution in [2.24, 2.45) is 0 Å². The predicted molar refractivity (Wildman–Crippen MR) is 83.4 cm³/mol. The number of rotatable bonds is 6. The fourth-order valence-electron chi connectivity index (χ4n) is 1.61. The fourth-order valence-corrected chi connectivity index (χ4v) is 2.84. The van der Waals surface area contributed by atoms with E-state index in [1.165, 1.54) is 0 Å². The molecule has 2 aromatic rings. The quantitative estimate of drug-likeness (QED) is 0.565. The highest BCUT2D eigenvalue weighted by Crippen LogP contribution is 2.28. The van der Waals surface area contributed by atoms with Crippen molar-refractivity contribution in [1.82, 2.24) is 0 Å². The predicted octanol–water partition coefficient (Wildman–Crippen LogP) is 4.63. The van der Waals surface area contributed by atoms with Crippen LogP contribution in [0, 0.1) is 0 Å². The molecule has 0 aliphatic heterocycles. The molecule has 0 N–H and O–H groups in total. The summed E-state index contributed by atoms with van der Waals surface area (Å²) in [4.78, 5) is 1.14. The minimum absolute atomic E-state index is 0.666. The molecule has 2 rings (SSSR count). The Morgan fingerprint density at radius 2 is 1.95 bits per heavy atom. The third-order valence-electron chi connectivity index (χ3n) is 2.47. The van der Waals surface area contributed by atoms with Gasteiger partial charge in [-0.2, -0.15) is 0 Å². The van der Waals surface area contributed by atoms with E-state index in [1.807, 2.05) is 42.5 Å². The summed E-state index contributed by atoms with van der Waals surface area (Å²) >= 11 is 5.16. The Morgan fingerprint density at radius 3 is 2.74 bits per heavy atom. The Kier molecular flexibility index (Phi) is 5.61. The maximum absolute atomic E-state index is 5.69. The number of thioether (sulfide) groups is 1.